The Morgan fingerprint density at radius 3 is 2.71 bits per heavy atom. The number of benzene rings is 1. The first-order valence-electron chi connectivity index (χ1n) is 11.1. The van der Waals surface area contributed by atoms with Crippen molar-refractivity contribution in [3.63, 3.8) is 0 Å². The van der Waals surface area contributed by atoms with Crippen molar-refractivity contribution in [2.24, 2.45) is 4.99 Å². The average molecular weight is 484 g/mol. The molecule has 1 aliphatic rings. The van der Waals surface area contributed by atoms with Crippen molar-refractivity contribution in [1.82, 2.24) is 24.8 Å². The molecule has 0 atom stereocenters. The maximum Gasteiger partial charge on any atom is 0.260 e. The van der Waals surface area contributed by atoms with Gasteiger partial charge in [0.25, 0.3) is 5.91 Å². The molecular weight excluding hydrogens is 454 g/mol. The third-order valence-electron chi connectivity index (χ3n) is 5.76. The maximum atomic E-state index is 12.6. The van der Waals surface area contributed by atoms with Crippen LogP contribution in [0.2, 0.25) is 0 Å². The molecule has 3 N–H and O–H groups in total. The molecule has 0 radical (unpaired) electrons. The molecule has 0 saturated carbocycles. The first kappa shape index (κ1) is 24.1. The van der Waals surface area contributed by atoms with Gasteiger partial charge in [-0.2, -0.15) is 0 Å². The van der Waals surface area contributed by atoms with E-state index in [9.17, 15) is 9.90 Å². The lowest BCUT2D eigenvalue weighted by molar-refractivity contribution is -0.132. The molecule has 1 aromatic carbocycles. The number of aromatic amines is 1. The minimum atomic E-state index is -0.169. The molecule has 2 aromatic heterocycles. The molecule has 0 saturated heterocycles. The highest BCUT2D eigenvalue weighted by atomic mass is 16.5. The summed E-state index contributed by atoms with van der Waals surface area (Å²) in [5.41, 5.74) is 1.40. The summed E-state index contributed by atoms with van der Waals surface area (Å²) in [7, 11) is 6.72. The topological polar surface area (TPSA) is 137 Å². The Labute approximate surface area is 202 Å². The van der Waals surface area contributed by atoms with Gasteiger partial charge in [-0.05, 0) is 7.05 Å². The summed E-state index contributed by atoms with van der Waals surface area (Å²) >= 11 is 0. The molecule has 0 fully saturated rings. The highest BCUT2D eigenvalue weighted by Crippen LogP contribution is 2.41. The third-order valence-corrected chi connectivity index (χ3v) is 5.76. The molecule has 0 unspecified atom stereocenters. The molecule has 1 amide bonds. The first-order chi connectivity index (χ1) is 16.9. The number of hydrogen-bond acceptors (Lipinski definition) is 10. The Morgan fingerprint density at radius 2 is 1.94 bits per heavy atom. The van der Waals surface area contributed by atoms with Crippen molar-refractivity contribution in [3.05, 3.63) is 24.0 Å². The summed E-state index contributed by atoms with van der Waals surface area (Å²) in [6, 6.07) is 3.31. The molecule has 0 spiro atoms. The number of amides is 1. The van der Waals surface area contributed by atoms with Gasteiger partial charge in [-0.3, -0.25) is 9.79 Å². The minimum absolute atomic E-state index is 0.0793. The van der Waals surface area contributed by atoms with Gasteiger partial charge in [-0.1, -0.05) is 0 Å². The zero-order valence-corrected chi connectivity index (χ0v) is 20.2. The van der Waals surface area contributed by atoms with E-state index in [0.717, 1.165) is 0 Å². The number of ether oxygens (including phenoxy) is 3. The van der Waals surface area contributed by atoms with Crippen LogP contribution in [-0.2, 0) is 4.79 Å². The lowest BCUT2D eigenvalue weighted by Crippen LogP contribution is -2.38. The van der Waals surface area contributed by atoms with E-state index < -0.39 is 0 Å². The monoisotopic (exact) mass is 483 g/mol. The number of H-pyrrole nitrogens is 1. The van der Waals surface area contributed by atoms with Gasteiger partial charge >= 0.3 is 0 Å². The van der Waals surface area contributed by atoms with E-state index in [0.29, 0.717) is 71.5 Å². The molecular formula is C23H29N7O5. The molecule has 186 valence electrons. The smallest absolute Gasteiger partial charge is 0.260 e. The minimum Gasteiger partial charge on any atom is -0.494 e. The molecule has 3 aromatic rings. The van der Waals surface area contributed by atoms with Crippen LogP contribution in [0.1, 0.15) is 5.56 Å². The Balaban J connectivity index is 1.79. The van der Waals surface area contributed by atoms with Crippen LogP contribution in [0.5, 0.6) is 23.1 Å². The second kappa shape index (κ2) is 10.5. The fourth-order valence-electron chi connectivity index (χ4n) is 3.70. The van der Waals surface area contributed by atoms with Crippen LogP contribution in [-0.4, -0.2) is 103 Å². The maximum absolute atomic E-state index is 12.6. The Morgan fingerprint density at radius 1 is 1.11 bits per heavy atom. The second-order valence-electron chi connectivity index (χ2n) is 8.10. The standard InChI is InChI=1S/C23H29N7O5/c1-29-6-5-24-21-19-15(23(32)28-22(19)27-13-26-21)11-25-14-9-16(33-3)20(34-4)17(10-14)35-12-18(31)30(2)8-7-29/h9-11,13,32H,5-8,12H2,1-4H3,(H2,24,26,27,28). The van der Waals surface area contributed by atoms with Gasteiger partial charge in [0.05, 0.1) is 30.9 Å². The van der Waals surface area contributed by atoms with Crippen LogP contribution < -0.4 is 19.5 Å². The van der Waals surface area contributed by atoms with Gasteiger partial charge < -0.3 is 39.4 Å². The van der Waals surface area contributed by atoms with E-state index >= 15 is 0 Å². The number of likely N-dealkylation sites (N-methyl/N-ethyl adjacent to an activating group) is 2. The molecule has 3 heterocycles. The van der Waals surface area contributed by atoms with Crippen LogP contribution in [0, 0.1) is 0 Å². The number of anilines is 1. The summed E-state index contributed by atoms with van der Waals surface area (Å²) in [5, 5.41) is 14.5. The largest absolute Gasteiger partial charge is 0.494 e. The van der Waals surface area contributed by atoms with Gasteiger partial charge in [-0.15, -0.1) is 0 Å². The average Bonchev–Trinajstić information content (AvgIpc) is 3.18. The summed E-state index contributed by atoms with van der Waals surface area (Å²) in [6.07, 6.45) is 2.94. The Kier molecular flexibility index (Phi) is 7.20. The number of nitrogens with zero attached hydrogens (tertiary/aromatic N) is 5. The van der Waals surface area contributed by atoms with E-state index in [4.69, 9.17) is 14.2 Å². The van der Waals surface area contributed by atoms with Crippen LogP contribution in [0.25, 0.3) is 11.0 Å². The molecule has 1 aliphatic heterocycles. The van der Waals surface area contributed by atoms with Crippen LogP contribution >= 0.6 is 0 Å². The Bertz CT molecular complexity index is 1240. The fourth-order valence-corrected chi connectivity index (χ4v) is 3.70. The number of hydrogen-bond donors (Lipinski definition) is 3. The van der Waals surface area contributed by atoms with Gasteiger partial charge in [-0.25, -0.2) is 9.97 Å². The van der Waals surface area contributed by atoms with E-state index in [-0.39, 0.29) is 18.4 Å². The van der Waals surface area contributed by atoms with Crippen molar-refractivity contribution in [2.45, 2.75) is 0 Å². The van der Waals surface area contributed by atoms with Crippen molar-refractivity contribution in [1.29, 1.82) is 0 Å². The van der Waals surface area contributed by atoms with E-state index in [1.54, 1.807) is 24.1 Å². The fraction of sp³-hybridized carbons (Fsp3) is 0.391. The number of aliphatic imine (C=N–C) groups is 1. The highest BCUT2D eigenvalue weighted by Gasteiger charge is 2.19. The Hall–Kier alpha value is -4.06. The van der Waals surface area contributed by atoms with Crippen LogP contribution in [0.4, 0.5) is 11.5 Å². The number of aromatic hydroxyl groups is 1. The number of carbonyl (C=O) groups is 1. The van der Waals surface area contributed by atoms with E-state index in [1.807, 2.05) is 7.05 Å². The normalized spacial score (nSPS) is 15.8. The summed E-state index contributed by atoms with van der Waals surface area (Å²) in [5.74, 6) is 1.38. The zero-order chi connectivity index (χ0) is 24.9. The van der Waals surface area contributed by atoms with Gasteiger partial charge in [0.1, 0.15) is 17.8 Å². The number of methoxy groups -OCH3 is 2. The van der Waals surface area contributed by atoms with Gasteiger partial charge in [0, 0.05) is 51.6 Å². The van der Waals surface area contributed by atoms with Crippen molar-refractivity contribution < 1.29 is 24.1 Å². The molecule has 35 heavy (non-hydrogen) atoms. The van der Waals surface area contributed by atoms with Gasteiger partial charge in [0.2, 0.25) is 5.75 Å². The predicted molar refractivity (Wildman–Crippen MR) is 131 cm³/mol. The molecule has 12 heteroatoms. The number of carbonyl (C=O) groups excluding carboxylic acids is 1. The molecule has 0 aliphatic carbocycles. The third kappa shape index (κ3) is 5.22. The first-order valence-corrected chi connectivity index (χ1v) is 11.1. The van der Waals surface area contributed by atoms with Gasteiger partial charge in [0.15, 0.2) is 24.0 Å². The number of rotatable bonds is 2. The molecule has 12 nitrogen and oxygen atoms in total. The summed E-state index contributed by atoms with van der Waals surface area (Å²) in [4.78, 5) is 32.3. The summed E-state index contributed by atoms with van der Waals surface area (Å²) in [6.45, 7) is 2.37. The summed E-state index contributed by atoms with van der Waals surface area (Å²) < 4.78 is 16.7. The predicted octanol–water partition coefficient (Wildman–Crippen LogP) is 1.63. The van der Waals surface area contributed by atoms with Crippen LogP contribution in [0.3, 0.4) is 0 Å². The quantitative estimate of drug-likeness (QED) is 0.496. The number of fused-ring (bicyclic) bond motifs is 2. The number of nitrogens with one attached hydrogen (secondary N) is 2. The van der Waals surface area contributed by atoms with Crippen molar-refractivity contribution >= 4 is 34.7 Å². The molecule has 4 rings (SSSR count). The van der Waals surface area contributed by atoms with E-state index in [1.165, 1.54) is 26.8 Å². The lowest BCUT2D eigenvalue weighted by Gasteiger charge is -2.23. The van der Waals surface area contributed by atoms with Crippen LogP contribution in [0.15, 0.2) is 23.5 Å². The van der Waals surface area contributed by atoms with Crippen molar-refractivity contribution in [3.8, 4) is 23.1 Å². The SMILES string of the molecule is COc1cc2cc(c1OC)OCC(=O)N(C)CCN(C)CCNc1ncnc3[nH]c(O)c(c13)C=N2. The highest BCUT2D eigenvalue weighted by molar-refractivity contribution is 6.06. The van der Waals surface area contributed by atoms with E-state index in [2.05, 4.69) is 30.2 Å². The lowest BCUT2D eigenvalue weighted by atomic mass is 10.2. The molecule has 2 bridgehead atoms. The van der Waals surface area contributed by atoms with Crippen molar-refractivity contribution in [2.75, 3.05) is 66.4 Å². The second-order valence-corrected chi connectivity index (χ2v) is 8.10. The number of aromatic nitrogens is 3. The zero-order valence-electron chi connectivity index (χ0n) is 20.2.